The summed E-state index contributed by atoms with van der Waals surface area (Å²) in [5, 5.41) is 3.80. The molecule has 0 radical (unpaired) electrons. The van der Waals surface area contributed by atoms with Crippen molar-refractivity contribution in [3.63, 3.8) is 0 Å². The second-order valence-corrected chi connectivity index (χ2v) is 6.83. The highest BCUT2D eigenvalue weighted by Gasteiger charge is 2.21. The molecule has 0 unspecified atom stereocenters. The molecule has 0 aromatic heterocycles. The van der Waals surface area contributed by atoms with Crippen LogP contribution in [0.3, 0.4) is 0 Å². The molecule has 2 saturated carbocycles. The predicted octanol–water partition coefficient (Wildman–Crippen LogP) is 3.81. The van der Waals surface area contributed by atoms with Crippen LogP contribution in [0.4, 0.5) is 0 Å². The summed E-state index contributed by atoms with van der Waals surface area (Å²) < 4.78 is 0. The fourth-order valence-corrected chi connectivity index (χ4v) is 3.92. The van der Waals surface area contributed by atoms with Crippen LogP contribution in [0.1, 0.15) is 71.6 Å². The molecule has 2 fully saturated rings. The Labute approximate surface area is 120 Å². The fourth-order valence-electron chi connectivity index (χ4n) is 3.92. The maximum Gasteiger partial charge on any atom is 0.0110 e. The van der Waals surface area contributed by atoms with Crippen molar-refractivity contribution in [3.8, 4) is 0 Å². The molecule has 112 valence electrons. The molecule has 2 aliphatic carbocycles. The molecule has 0 saturated heterocycles. The molecule has 2 heteroatoms. The van der Waals surface area contributed by atoms with Crippen LogP contribution in [0.5, 0.6) is 0 Å². The Bertz CT molecular complexity index is 227. The molecule has 2 nitrogen and oxygen atoms in total. The predicted molar refractivity (Wildman–Crippen MR) is 83.5 cm³/mol. The maximum absolute atomic E-state index is 3.80. The summed E-state index contributed by atoms with van der Waals surface area (Å²) in [6.07, 6.45) is 12.9. The number of nitrogens with one attached hydrogen (secondary N) is 1. The normalized spacial score (nSPS) is 29.8. The minimum atomic E-state index is 0.807. The first kappa shape index (κ1) is 15.3. The zero-order valence-corrected chi connectivity index (χ0v) is 13.2. The molecule has 0 amide bonds. The third-order valence-corrected chi connectivity index (χ3v) is 5.35. The van der Waals surface area contributed by atoms with Gasteiger partial charge in [0.25, 0.3) is 0 Å². The number of hydrogen-bond acceptors (Lipinski definition) is 2. The van der Waals surface area contributed by atoms with E-state index in [1.807, 2.05) is 0 Å². The van der Waals surface area contributed by atoms with E-state index in [-0.39, 0.29) is 0 Å². The summed E-state index contributed by atoms with van der Waals surface area (Å²) in [5.41, 5.74) is 0. The van der Waals surface area contributed by atoms with E-state index in [4.69, 9.17) is 0 Å². The molecule has 2 aliphatic rings. The third-order valence-electron chi connectivity index (χ3n) is 5.35. The highest BCUT2D eigenvalue weighted by atomic mass is 15.2. The second-order valence-electron chi connectivity index (χ2n) is 6.83. The standard InChI is InChI=1S/C17H34N2/c1-3-19(17-7-5-4-6-8-17)14-13-18-16-11-9-15(2)10-12-16/h15-18H,3-14H2,1-2H3. The lowest BCUT2D eigenvalue weighted by atomic mass is 9.87. The van der Waals surface area contributed by atoms with Gasteiger partial charge in [0.15, 0.2) is 0 Å². The number of rotatable bonds is 6. The monoisotopic (exact) mass is 266 g/mol. The first-order valence-corrected chi connectivity index (χ1v) is 8.77. The summed E-state index contributed by atoms with van der Waals surface area (Å²) in [7, 11) is 0. The Hall–Kier alpha value is -0.0800. The fraction of sp³-hybridized carbons (Fsp3) is 1.00. The maximum atomic E-state index is 3.80. The quantitative estimate of drug-likeness (QED) is 0.786. The van der Waals surface area contributed by atoms with Crippen LogP contribution in [-0.4, -0.2) is 36.6 Å². The van der Waals surface area contributed by atoms with Crippen molar-refractivity contribution in [2.45, 2.75) is 83.7 Å². The van der Waals surface area contributed by atoms with Gasteiger partial charge < -0.3 is 5.32 Å². The average molecular weight is 266 g/mol. The van der Waals surface area contributed by atoms with Crippen molar-refractivity contribution in [2.75, 3.05) is 19.6 Å². The van der Waals surface area contributed by atoms with Gasteiger partial charge in [-0.25, -0.2) is 0 Å². The molecule has 2 rings (SSSR count). The van der Waals surface area contributed by atoms with Gasteiger partial charge in [0, 0.05) is 25.2 Å². The molecule has 0 aliphatic heterocycles. The molecule has 0 heterocycles. The van der Waals surface area contributed by atoms with Crippen LogP contribution in [-0.2, 0) is 0 Å². The smallest absolute Gasteiger partial charge is 0.0110 e. The van der Waals surface area contributed by atoms with Crippen molar-refractivity contribution in [1.29, 1.82) is 0 Å². The van der Waals surface area contributed by atoms with E-state index < -0.39 is 0 Å². The van der Waals surface area contributed by atoms with Gasteiger partial charge >= 0.3 is 0 Å². The molecule has 0 aromatic carbocycles. The summed E-state index contributed by atoms with van der Waals surface area (Å²) in [6.45, 7) is 8.42. The first-order valence-electron chi connectivity index (χ1n) is 8.77. The van der Waals surface area contributed by atoms with Gasteiger partial charge in [-0.3, -0.25) is 4.90 Å². The van der Waals surface area contributed by atoms with Gasteiger partial charge in [-0.15, -0.1) is 0 Å². The molecule has 0 atom stereocenters. The molecule has 0 spiro atoms. The van der Waals surface area contributed by atoms with E-state index >= 15 is 0 Å². The highest BCUT2D eigenvalue weighted by molar-refractivity contribution is 4.78. The van der Waals surface area contributed by atoms with E-state index in [1.165, 1.54) is 77.4 Å². The van der Waals surface area contributed by atoms with Crippen LogP contribution >= 0.6 is 0 Å². The van der Waals surface area contributed by atoms with Gasteiger partial charge in [-0.05, 0) is 51.0 Å². The van der Waals surface area contributed by atoms with Crippen molar-refractivity contribution in [3.05, 3.63) is 0 Å². The van der Waals surface area contributed by atoms with Crippen molar-refractivity contribution >= 4 is 0 Å². The van der Waals surface area contributed by atoms with E-state index in [1.54, 1.807) is 0 Å². The van der Waals surface area contributed by atoms with Crippen LogP contribution in [0, 0.1) is 5.92 Å². The van der Waals surface area contributed by atoms with Gasteiger partial charge in [0.05, 0.1) is 0 Å². The van der Waals surface area contributed by atoms with Crippen LogP contribution < -0.4 is 5.32 Å². The lowest BCUT2D eigenvalue weighted by Crippen LogP contribution is -2.43. The molecular formula is C17H34N2. The topological polar surface area (TPSA) is 15.3 Å². The number of hydrogen-bond donors (Lipinski definition) is 1. The van der Waals surface area contributed by atoms with Crippen LogP contribution in [0.15, 0.2) is 0 Å². The Morgan fingerprint density at radius 2 is 1.63 bits per heavy atom. The zero-order valence-electron chi connectivity index (χ0n) is 13.2. The van der Waals surface area contributed by atoms with E-state index in [9.17, 15) is 0 Å². The Balaban J connectivity index is 1.62. The van der Waals surface area contributed by atoms with Gasteiger partial charge in [-0.2, -0.15) is 0 Å². The zero-order chi connectivity index (χ0) is 13.5. The van der Waals surface area contributed by atoms with Gasteiger partial charge in [0.2, 0.25) is 0 Å². The van der Waals surface area contributed by atoms with Crippen LogP contribution in [0.2, 0.25) is 0 Å². The molecular weight excluding hydrogens is 232 g/mol. The van der Waals surface area contributed by atoms with Crippen molar-refractivity contribution in [2.24, 2.45) is 5.92 Å². The summed E-state index contributed by atoms with van der Waals surface area (Å²) >= 11 is 0. The van der Waals surface area contributed by atoms with Crippen molar-refractivity contribution < 1.29 is 0 Å². The summed E-state index contributed by atoms with van der Waals surface area (Å²) in [4.78, 5) is 2.72. The Morgan fingerprint density at radius 1 is 0.947 bits per heavy atom. The second kappa shape index (κ2) is 8.26. The Kier molecular flexibility index (Phi) is 6.66. The van der Waals surface area contributed by atoms with Gasteiger partial charge in [-0.1, -0.05) is 33.1 Å². The summed E-state index contributed by atoms with van der Waals surface area (Å²) in [5.74, 6) is 0.965. The minimum absolute atomic E-state index is 0.807. The Morgan fingerprint density at radius 3 is 2.26 bits per heavy atom. The third kappa shape index (κ3) is 5.07. The molecule has 19 heavy (non-hydrogen) atoms. The number of likely N-dealkylation sites (N-methyl/N-ethyl adjacent to an activating group) is 1. The van der Waals surface area contributed by atoms with E-state index in [0.717, 1.165) is 18.0 Å². The van der Waals surface area contributed by atoms with E-state index in [0.29, 0.717) is 0 Å². The van der Waals surface area contributed by atoms with Gasteiger partial charge in [0.1, 0.15) is 0 Å². The largest absolute Gasteiger partial charge is 0.313 e. The van der Waals surface area contributed by atoms with E-state index in [2.05, 4.69) is 24.1 Å². The van der Waals surface area contributed by atoms with Crippen LogP contribution in [0.25, 0.3) is 0 Å². The minimum Gasteiger partial charge on any atom is -0.313 e. The molecule has 1 N–H and O–H groups in total. The molecule has 0 bridgehead atoms. The highest BCUT2D eigenvalue weighted by Crippen LogP contribution is 2.24. The molecule has 0 aromatic rings. The lowest BCUT2D eigenvalue weighted by Gasteiger charge is -2.34. The lowest BCUT2D eigenvalue weighted by molar-refractivity contribution is 0.160. The first-order chi connectivity index (χ1) is 9.29. The van der Waals surface area contributed by atoms with Crippen molar-refractivity contribution in [1.82, 2.24) is 10.2 Å². The SMILES string of the molecule is CCN(CCNC1CCC(C)CC1)C1CCCCC1. The number of nitrogens with zero attached hydrogens (tertiary/aromatic N) is 1. The summed E-state index contributed by atoms with van der Waals surface area (Å²) in [6, 6.07) is 1.69. The average Bonchev–Trinajstić information content (AvgIpc) is 2.46.